The van der Waals surface area contributed by atoms with E-state index in [9.17, 15) is 13.6 Å². The molecule has 0 spiro atoms. The van der Waals surface area contributed by atoms with Gasteiger partial charge in [-0.25, -0.2) is 0 Å². The summed E-state index contributed by atoms with van der Waals surface area (Å²) in [5, 5.41) is 6.65. The van der Waals surface area contributed by atoms with Gasteiger partial charge in [-0.15, -0.1) is 10.2 Å². The van der Waals surface area contributed by atoms with Crippen LogP contribution < -0.4 is 0 Å². The first kappa shape index (κ1) is 10.4. The van der Waals surface area contributed by atoms with Gasteiger partial charge in [0.1, 0.15) is 0 Å². The van der Waals surface area contributed by atoms with Crippen LogP contribution in [0.4, 0.5) is 8.78 Å². The minimum atomic E-state index is -2.82. The van der Waals surface area contributed by atoms with Crippen LogP contribution in [0.25, 0.3) is 11.5 Å². The molecule has 0 aliphatic rings. The molecule has 0 aliphatic heterocycles. The van der Waals surface area contributed by atoms with E-state index in [1.165, 1.54) is 6.07 Å². The molecule has 0 bridgehead atoms. The number of carbonyl (C=O) groups excluding carboxylic acids is 1. The molecule has 0 aliphatic carbocycles. The van der Waals surface area contributed by atoms with E-state index in [1.54, 1.807) is 18.2 Å². The van der Waals surface area contributed by atoms with E-state index < -0.39 is 12.3 Å². The highest BCUT2D eigenvalue weighted by molar-refractivity contribution is 5.85. The number of aromatic nitrogens is 2. The van der Waals surface area contributed by atoms with Crippen LogP contribution in [-0.4, -0.2) is 16.5 Å². The van der Waals surface area contributed by atoms with Crippen molar-refractivity contribution < 1.29 is 18.0 Å². The molecule has 2 aromatic rings. The molecule has 0 N–H and O–H groups in total. The Balaban J connectivity index is 2.46. The number of halogens is 2. The highest BCUT2D eigenvalue weighted by atomic mass is 19.3. The van der Waals surface area contributed by atoms with Gasteiger partial charge in [0.15, 0.2) is 6.29 Å². The summed E-state index contributed by atoms with van der Waals surface area (Å²) in [7, 11) is 0. The first-order chi connectivity index (χ1) is 7.72. The lowest BCUT2D eigenvalue weighted by Crippen LogP contribution is -1.86. The van der Waals surface area contributed by atoms with Crippen LogP contribution in [0.5, 0.6) is 0 Å². The van der Waals surface area contributed by atoms with E-state index in [0.29, 0.717) is 17.4 Å². The van der Waals surface area contributed by atoms with Crippen molar-refractivity contribution in [3.8, 4) is 11.5 Å². The number of nitrogens with zero attached hydrogens (tertiary/aromatic N) is 2. The number of carbonyl (C=O) groups is 1. The Morgan fingerprint density at radius 2 is 2.00 bits per heavy atom. The third-order valence-electron chi connectivity index (χ3n) is 1.95. The molecule has 0 atom stereocenters. The fourth-order valence-corrected chi connectivity index (χ4v) is 1.23. The molecule has 4 nitrogen and oxygen atoms in total. The second kappa shape index (κ2) is 4.18. The topological polar surface area (TPSA) is 56.0 Å². The maximum Gasteiger partial charge on any atom is 0.314 e. The summed E-state index contributed by atoms with van der Waals surface area (Å²) in [6.07, 6.45) is -2.22. The third kappa shape index (κ3) is 1.81. The molecule has 1 heterocycles. The first-order valence-corrected chi connectivity index (χ1v) is 4.38. The van der Waals surface area contributed by atoms with Crippen LogP contribution in [0.15, 0.2) is 28.7 Å². The molecule has 0 fully saturated rings. The monoisotopic (exact) mass is 224 g/mol. The van der Waals surface area contributed by atoms with Gasteiger partial charge in [-0.3, -0.25) is 4.79 Å². The summed E-state index contributed by atoms with van der Waals surface area (Å²) < 4.78 is 29.2. The maximum absolute atomic E-state index is 12.2. The van der Waals surface area contributed by atoms with Gasteiger partial charge in [0.05, 0.1) is 0 Å². The minimum Gasteiger partial charge on any atom is -0.415 e. The van der Waals surface area contributed by atoms with Crippen LogP contribution in [0.3, 0.4) is 0 Å². The molecule has 16 heavy (non-hydrogen) atoms. The van der Waals surface area contributed by atoms with Crippen molar-refractivity contribution in [2.24, 2.45) is 0 Å². The van der Waals surface area contributed by atoms with Crippen LogP contribution in [-0.2, 0) is 0 Å². The summed E-state index contributed by atoms with van der Waals surface area (Å²) in [5.74, 6) is -0.839. The molecular formula is C10H6F2N2O2. The van der Waals surface area contributed by atoms with Crippen LogP contribution in [0, 0.1) is 0 Å². The SMILES string of the molecule is O=Cc1ccccc1-c1nnc(C(F)F)o1. The predicted molar refractivity (Wildman–Crippen MR) is 50.1 cm³/mol. The third-order valence-corrected chi connectivity index (χ3v) is 1.95. The number of hydrogen-bond acceptors (Lipinski definition) is 4. The van der Waals surface area contributed by atoms with Gasteiger partial charge in [0.2, 0.25) is 5.89 Å². The smallest absolute Gasteiger partial charge is 0.314 e. The zero-order chi connectivity index (χ0) is 11.5. The quantitative estimate of drug-likeness (QED) is 0.751. The van der Waals surface area contributed by atoms with Gasteiger partial charge < -0.3 is 4.42 Å². The van der Waals surface area contributed by atoms with Gasteiger partial charge in [-0.2, -0.15) is 8.78 Å². The Bertz CT molecular complexity index is 511. The summed E-state index contributed by atoms with van der Waals surface area (Å²) in [5.41, 5.74) is 0.656. The van der Waals surface area contributed by atoms with Gasteiger partial charge >= 0.3 is 6.43 Å². The van der Waals surface area contributed by atoms with E-state index in [-0.39, 0.29) is 5.89 Å². The summed E-state index contributed by atoms with van der Waals surface area (Å²) in [6.45, 7) is 0. The molecule has 0 unspecified atom stereocenters. The first-order valence-electron chi connectivity index (χ1n) is 4.38. The lowest BCUT2D eigenvalue weighted by atomic mass is 10.1. The lowest BCUT2D eigenvalue weighted by Gasteiger charge is -1.97. The number of hydrogen-bond donors (Lipinski definition) is 0. The van der Waals surface area contributed by atoms with Crippen LogP contribution in [0.1, 0.15) is 22.7 Å². The Labute approximate surface area is 88.9 Å². The molecule has 1 aromatic heterocycles. The maximum atomic E-state index is 12.2. The Kier molecular flexibility index (Phi) is 2.72. The molecule has 6 heteroatoms. The molecule has 82 valence electrons. The second-order valence-corrected chi connectivity index (χ2v) is 2.95. The number of benzene rings is 1. The fourth-order valence-electron chi connectivity index (χ4n) is 1.23. The normalized spacial score (nSPS) is 10.7. The number of rotatable bonds is 3. The largest absolute Gasteiger partial charge is 0.415 e. The molecule has 0 saturated carbocycles. The van der Waals surface area contributed by atoms with E-state index in [0.717, 1.165) is 0 Å². The average molecular weight is 224 g/mol. The highest BCUT2D eigenvalue weighted by Crippen LogP contribution is 2.24. The summed E-state index contributed by atoms with van der Waals surface area (Å²) in [4.78, 5) is 10.7. The Morgan fingerprint density at radius 3 is 2.62 bits per heavy atom. The molecule has 2 rings (SSSR count). The van der Waals surface area contributed by atoms with Crippen molar-refractivity contribution in [2.45, 2.75) is 6.43 Å². The van der Waals surface area contributed by atoms with Crippen molar-refractivity contribution >= 4 is 6.29 Å². The van der Waals surface area contributed by atoms with Gasteiger partial charge in [0.25, 0.3) is 5.89 Å². The Morgan fingerprint density at radius 1 is 1.25 bits per heavy atom. The zero-order valence-corrected chi connectivity index (χ0v) is 7.93. The van der Waals surface area contributed by atoms with Gasteiger partial charge in [-0.05, 0) is 6.07 Å². The number of alkyl halides is 2. The molecule has 0 radical (unpaired) electrons. The van der Waals surface area contributed by atoms with Gasteiger partial charge in [-0.1, -0.05) is 18.2 Å². The van der Waals surface area contributed by atoms with Crippen LogP contribution >= 0.6 is 0 Å². The summed E-state index contributed by atoms with van der Waals surface area (Å²) >= 11 is 0. The average Bonchev–Trinajstić information content (AvgIpc) is 2.78. The lowest BCUT2D eigenvalue weighted by molar-refractivity contribution is 0.112. The van der Waals surface area contributed by atoms with Crippen molar-refractivity contribution in [1.82, 2.24) is 10.2 Å². The van der Waals surface area contributed by atoms with E-state index in [1.807, 2.05) is 0 Å². The van der Waals surface area contributed by atoms with Crippen LogP contribution in [0.2, 0.25) is 0 Å². The van der Waals surface area contributed by atoms with E-state index in [2.05, 4.69) is 10.2 Å². The van der Waals surface area contributed by atoms with E-state index >= 15 is 0 Å². The molecular weight excluding hydrogens is 218 g/mol. The number of aldehydes is 1. The van der Waals surface area contributed by atoms with Crippen molar-refractivity contribution in [3.05, 3.63) is 35.7 Å². The minimum absolute atomic E-state index is 0.0852. The zero-order valence-electron chi connectivity index (χ0n) is 7.93. The van der Waals surface area contributed by atoms with Crippen molar-refractivity contribution in [2.75, 3.05) is 0 Å². The van der Waals surface area contributed by atoms with E-state index in [4.69, 9.17) is 4.42 Å². The molecule has 1 aromatic carbocycles. The second-order valence-electron chi connectivity index (χ2n) is 2.95. The fraction of sp³-hybridized carbons (Fsp3) is 0.100. The predicted octanol–water partition coefficient (Wildman–Crippen LogP) is 2.49. The van der Waals surface area contributed by atoms with Gasteiger partial charge in [0, 0.05) is 11.1 Å². The highest BCUT2D eigenvalue weighted by Gasteiger charge is 2.18. The molecule has 0 saturated heterocycles. The molecule has 0 amide bonds. The van der Waals surface area contributed by atoms with Crippen molar-refractivity contribution in [1.29, 1.82) is 0 Å². The summed E-state index contributed by atoms with van der Waals surface area (Å²) in [6, 6.07) is 6.38. The Hall–Kier alpha value is -2.11. The standard InChI is InChI=1S/C10H6F2N2O2/c11-8(12)10-14-13-9(16-10)7-4-2-1-3-6(7)5-15/h1-5,8H. The van der Waals surface area contributed by atoms with Crippen molar-refractivity contribution in [3.63, 3.8) is 0 Å².